The first kappa shape index (κ1) is 26.6. The van der Waals surface area contributed by atoms with Crippen molar-refractivity contribution in [3.8, 4) is 11.5 Å². The highest BCUT2D eigenvalue weighted by atomic mass is 35.5. The normalized spacial score (nSPS) is 25.4. The molecule has 41 heavy (non-hydrogen) atoms. The van der Waals surface area contributed by atoms with Crippen molar-refractivity contribution < 1.29 is 33.9 Å². The molecule has 4 atom stereocenters. The Morgan fingerprint density at radius 2 is 1.85 bits per heavy atom. The van der Waals surface area contributed by atoms with Gasteiger partial charge in [0.25, 0.3) is 5.69 Å². The number of carbonyl (C=O) groups excluding carboxylic acids is 4. The minimum absolute atomic E-state index is 0.0109. The number of benzene rings is 2. The first-order valence-electron chi connectivity index (χ1n) is 12.9. The number of fused-ring (bicyclic) bond motifs is 3. The fraction of sp³-hybridized carbons (Fsp3) is 0.267. The Morgan fingerprint density at radius 1 is 1.10 bits per heavy atom. The van der Waals surface area contributed by atoms with E-state index in [1.54, 1.807) is 13.0 Å². The number of anilines is 1. The number of ether oxygens (including phenoxy) is 1. The molecule has 10 nitrogen and oxygen atoms in total. The topological polar surface area (TPSA) is 144 Å². The maximum Gasteiger partial charge on any atom is 0.271 e. The van der Waals surface area contributed by atoms with Crippen LogP contribution >= 0.6 is 11.6 Å². The zero-order chi connectivity index (χ0) is 29.3. The van der Waals surface area contributed by atoms with Gasteiger partial charge in [-0.05, 0) is 55.5 Å². The summed E-state index contributed by atoms with van der Waals surface area (Å²) in [6.45, 7) is 1.56. The average Bonchev–Trinajstić information content (AvgIpc) is 3.21. The number of phenols is 1. The molecule has 1 aliphatic heterocycles. The minimum Gasteiger partial charge on any atom is -0.503 e. The third-order valence-electron chi connectivity index (χ3n) is 8.46. The highest BCUT2D eigenvalue weighted by Gasteiger charge is 2.56. The average molecular weight is 575 g/mol. The molecule has 2 aromatic rings. The lowest BCUT2D eigenvalue weighted by Gasteiger charge is -2.42. The van der Waals surface area contributed by atoms with Crippen LogP contribution in [-0.4, -0.2) is 40.5 Å². The highest BCUT2D eigenvalue weighted by Crippen LogP contribution is 2.56. The molecule has 1 N–H and O–H groups in total. The number of carbonyl (C=O) groups is 4. The lowest BCUT2D eigenvalue weighted by molar-refractivity contribution is -0.384. The molecule has 0 aromatic heterocycles. The second-order valence-corrected chi connectivity index (χ2v) is 11.0. The lowest BCUT2D eigenvalue weighted by Crippen LogP contribution is -2.39. The van der Waals surface area contributed by atoms with Crippen LogP contribution < -0.4 is 9.64 Å². The largest absolute Gasteiger partial charge is 0.503 e. The summed E-state index contributed by atoms with van der Waals surface area (Å²) < 4.78 is 5.30. The molecular formula is C30H23ClN2O8. The Morgan fingerprint density at radius 3 is 2.56 bits per heavy atom. The summed E-state index contributed by atoms with van der Waals surface area (Å²) in [5, 5.41) is 21.7. The number of non-ortho nitro benzene ring substituents is 1. The maximum absolute atomic E-state index is 14.0. The van der Waals surface area contributed by atoms with E-state index in [9.17, 15) is 34.4 Å². The molecule has 2 amide bonds. The minimum atomic E-state index is -0.845. The lowest BCUT2D eigenvalue weighted by atomic mass is 9.59. The molecule has 3 aliphatic carbocycles. The van der Waals surface area contributed by atoms with Gasteiger partial charge in [-0.15, -0.1) is 0 Å². The summed E-state index contributed by atoms with van der Waals surface area (Å²) in [5.41, 5.74) is 1.88. The first-order chi connectivity index (χ1) is 19.5. The number of amides is 2. The zero-order valence-corrected chi connectivity index (χ0v) is 22.7. The van der Waals surface area contributed by atoms with E-state index in [0.717, 1.165) is 4.90 Å². The van der Waals surface area contributed by atoms with E-state index in [0.29, 0.717) is 11.1 Å². The van der Waals surface area contributed by atoms with Gasteiger partial charge in [-0.3, -0.25) is 29.3 Å². The van der Waals surface area contributed by atoms with E-state index < -0.39 is 40.4 Å². The summed E-state index contributed by atoms with van der Waals surface area (Å²) in [5.74, 6) is -4.77. The third kappa shape index (κ3) is 3.93. The number of nitro groups is 1. The third-order valence-corrected chi connectivity index (χ3v) is 8.75. The van der Waals surface area contributed by atoms with Gasteiger partial charge in [0, 0.05) is 34.8 Å². The van der Waals surface area contributed by atoms with Gasteiger partial charge in [-0.25, -0.2) is 4.90 Å². The smallest absolute Gasteiger partial charge is 0.271 e. The van der Waals surface area contributed by atoms with Crippen LogP contribution in [-0.2, 0) is 19.2 Å². The Hall–Kier alpha value is -4.57. The van der Waals surface area contributed by atoms with Crippen molar-refractivity contribution >= 4 is 46.4 Å². The molecular weight excluding hydrogens is 552 g/mol. The molecule has 1 fully saturated rings. The van der Waals surface area contributed by atoms with Crippen molar-refractivity contribution in [2.24, 2.45) is 17.8 Å². The van der Waals surface area contributed by atoms with E-state index in [2.05, 4.69) is 0 Å². The number of rotatable bonds is 4. The van der Waals surface area contributed by atoms with Gasteiger partial charge in [0.05, 0.1) is 34.6 Å². The van der Waals surface area contributed by atoms with Gasteiger partial charge in [-0.1, -0.05) is 29.3 Å². The highest BCUT2D eigenvalue weighted by molar-refractivity contribution is 6.32. The molecule has 0 saturated carbocycles. The van der Waals surface area contributed by atoms with Gasteiger partial charge < -0.3 is 9.84 Å². The number of hydrogen-bond acceptors (Lipinski definition) is 8. The van der Waals surface area contributed by atoms with Crippen molar-refractivity contribution in [2.45, 2.75) is 25.7 Å². The monoisotopic (exact) mass is 574 g/mol. The van der Waals surface area contributed by atoms with Crippen molar-refractivity contribution in [1.29, 1.82) is 0 Å². The summed E-state index contributed by atoms with van der Waals surface area (Å²) >= 11 is 6.33. The van der Waals surface area contributed by atoms with Gasteiger partial charge in [0.2, 0.25) is 11.8 Å². The molecule has 11 heteroatoms. The number of aromatic hydroxyl groups is 1. The standard InChI is InChI=1S/C30H23ClN2O8/c1-13-8-22(34)26-20(27(13)35)12-19-17(24(26)14-9-21(31)28(36)23(10-14)41-2)6-7-18-25(19)30(38)32(29(18)37)15-4-3-5-16(11-15)33(39)40/h3-6,8-11,18-19,24-25,36H,7,12H2,1-2H3. The summed E-state index contributed by atoms with van der Waals surface area (Å²) in [4.78, 5) is 66.1. The molecule has 0 spiro atoms. The van der Waals surface area contributed by atoms with Gasteiger partial charge in [-0.2, -0.15) is 0 Å². The predicted molar refractivity (Wildman–Crippen MR) is 147 cm³/mol. The molecule has 0 radical (unpaired) electrons. The van der Waals surface area contributed by atoms with Crippen LogP contribution in [0.2, 0.25) is 5.02 Å². The molecule has 4 aliphatic rings. The number of hydrogen-bond donors (Lipinski definition) is 1. The number of imide groups is 1. The first-order valence-corrected chi connectivity index (χ1v) is 13.3. The van der Waals surface area contributed by atoms with Crippen LogP contribution in [0.25, 0.3) is 0 Å². The van der Waals surface area contributed by atoms with E-state index in [1.807, 2.05) is 6.08 Å². The molecule has 0 bridgehead atoms. The fourth-order valence-corrected chi connectivity index (χ4v) is 6.90. The fourth-order valence-electron chi connectivity index (χ4n) is 6.68. The van der Waals surface area contributed by atoms with E-state index in [-0.39, 0.29) is 69.0 Å². The van der Waals surface area contributed by atoms with E-state index in [1.165, 1.54) is 43.5 Å². The molecule has 2 aromatic carbocycles. The van der Waals surface area contributed by atoms with Crippen LogP contribution in [0, 0.1) is 27.9 Å². The predicted octanol–water partition coefficient (Wildman–Crippen LogP) is 4.60. The van der Waals surface area contributed by atoms with Gasteiger partial charge in [0.1, 0.15) is 0 Å². The summed E-state index contributed by atoms with van der Waals surface area (Å²) in [6.07, 6.45) is 3.43. The number of nitrogens with zero attached hydrogens (tertiary/aromatic N) is 2. The quantitative estimate of drug-likeness (QED) is 0.183. The van der Waals surface area contributed by atoms with E-state index >= 15 is 0 Å². The number of Topliss-reactive ketones (excluding diaryl/α,β-unsaturated/α-hetero) is 1. The Kier molecular flexibility index (Phi) is 6.18. The second-order valence-electron chi connectivity index (χ2n) is 10.6. The van der Waals surface area contributed by atoms with Crippen LogP contribution in [0.3, 0.4) is 0 Å². The van der Waals surface area contributed by atoms with Crippen molar-refractivity contribution in [1.82, 2.24) is 0 Å². The number of ketones is 2. The Balaban J connectivity index is 1.49. The molecule has 1 saturated heterocycles. The second kappa shape index (κ2) is 9.52. The Bertz CT molecular complexity index is 1700. The van der Waals surface area contributed by atoms with Crippen LogP contribution in [0.1, 0.15) is 31.2 Å². The number of methoxy groups -OCH3 is 1. The number of halogens is 1. The Labute approximate surface area is 238 Å². The van der Waals surface area contributed by atoms with Gasteiger partial charge in [0.15, 0.2) is 23.1 Å². The van der Waals surface area contributed by atoms with Gasteiger partial charge >= 0.3 is 0 Å². The molecule has 1 heterocycles. The van der Waals surface area contributed by atoms with Crippen molar-refractivity contribution in [3.05, 3.63) is 91.5 Å². The summed E-state index contributed by atoms with van der Waals surface area (Å²) in [7, 11) is 1.36. The number of allylic oxidation sites excluding steroid dienone is 6. The SMILES string of the molecule is COc1cc(C2C3=CCC4C(=O)N(c5cccc([N+](=O)[O-])c5)C(=O)C4C3CC3=C2C(=O)C=C(C)C3=O)cc(Cl)c1O. The maximum atomic E-state index is 14.0. The molecule has 4 unspecified atom stereocenters. The molecule has 6 rings (SSSR count). The zero-order valence-electron chi connectivity index (χ0n) is 21.9. The van der Waals surface area contributed by atoms with Crippen LogP contribution in [0.5, 0.6) is 11.5 Å². The van der Waals surface area contributed by atoms with Crippen LogP contribution in [0.4, 0.5) is 11.4 Å². The summed E-state index contributed by atoms with van der Waals surface area (Å²) in [6, 6.07) is 8.40. The molecule has 208 valence electrons. The van der Waals surface area contributed by atoms with Crippen LogP contribution in [0.15, 0.2) is 70.8 Å². The number of phenolic OH excluding ortho intramolecular Hbond substituents is 1. The van der Waals surface area contributed by atoms with Crippen molar-refractivity contribution in [3.63, 3.8) is 0 Å². The van der Waals surface area contributed by atoms with E-state index in [4.69, 9.17) is 16.3 Å². The van der Waals surface area contributed by atoms with Crippen molar-refractivity contribution in [2.75, 3.05) is 12.0 Å². The number of nitro benzene ring substituents is 1.